The molecule has 0 aliphatic heterocycles. The Bertz CT molecular complexity index is 672. The number of carbonyl (C=O) groups is 2. The number of urea groups is 1. The van der Waals surface area contributed by atoms with Crippen LogP contribution in [0.1, 0.15) is 10.4 Å². The molecule has 0 bridgehead atoms. The van der Waals surface area contributed by atoms with Gasteiger partial charge >= 0.3 is 12.0 Å². The number of benzene rings is 1. The van der Waals surface area contributed by atoms with Crippen molar-refractivity contribution in [1.82, 2.24) is 0 Å². The number of aromatic carboxylic acids is 1. The fraction of sp³-hybridized carbons (Fsp3) is 0. The van der Waals surface area contributed by atoms with Crippen LogP contribution in [0.25, 0.3) is 0 Å². The molecule has 0 unspecified atom stereocenters. The van der Waals surface area contributed by atoms with E-state index >= 15 is 0 Å². The summed E-state index contributed by atoms with van der Waals surface area (Å²) in [5, 5.41) is 14.8. The van der Waals surface area contributed by atoms with Gasteiger partial charge in [-0.05, 0) is 23.6 Å². The van der Waals surface area contributed by atoms with Crippen LogP contribution in [-0.4, -0.2) is 17.1 Å². The van der Waals surface area contributed by atoms with Gasteiger partial charge in [0.25, 0.3) is 0 Å². The van der Waals surface area contributed by atoms with Crippen molar-refractivity contribution in [2.45, 2.75) is 0 Å². The lowest BCUT2D eigenvalue weighted by atomic mass is 10.3. The lowest BCUT2D eigenvalue weighted by Crippen LogP contribution is -2.20. The fourth-order valence-corrected chi connectivity index (χ4v) is 2.21. The smallest absolute Gasteiger partial charge is 0.338 e. The van der Waals surface area contributed by atoms with E-state index in [9.17, 15) is 18.4 Å². The number of rotatable bonds is 3. The second-order valence-electron chi connectivity index (χ2n) is 3.65. The van der Waals surface area contributed by atoms with Crippen molar-refractivity contribution >= 4 is 34.0 Å². The van der Waals surface area contributed by atoms with Crippen LogP contribution in [0.15, 0.2) is 29.6 Å². The molecule has 0 radical (unpaired) electrons. The van der Waals surface area contributed by atoms with E-state index in [1.165, 1.54) is 23.6 Å². The zero-order chi connectivity index (χ0) is 14.7. The lowest BCUT2D eigenvalue weighted by Gasteiger charge is -2.08. The molecule has 2 aromatic rings. The third-order valence-electron chi connectivity index (χ3n) is 2.32. The van der Waals surface area contributed by atoms with Crippen molar-refractivity contribution in [1.29, 1.82) is 0 Å². The summed E-state index contributed by atoms with van der Waals surface area (Å²) in [5.74, 6) is -3.48. The monoisotopic (exact) mass is 298 g/mol. The van der Waals surface area contributed by atoms with E-state index in [2.05, 4.69) is 10.6 Å². The number of nitrogens with one attached hydrogen (secondary N) is 2. The average molecular weight is 298 g/mol. The van der Waals surface area contributed by atoms with Crippen LogP contribution in [0.4, 0.5) is 24.3 Å². The minimum absolute atomic E-state index is 0.0788. The third kappa shape index (κ3) is 2.91. The number of anilines is 2. The predicted molar refractivity (Wildman–Crippen MR) is 70.3 cm³/mol. The molecule has 1 aromatic carbocycles. The molecule has 20 heavy (non-hydrogen) atoms. The largest absolute Gasteiger partial charge is 0.478 e. The number of hydrogen-bond acceptors (Lipinski definition) is 3. The molecule has 2 amide bonds. The number of hydrogen-bond donors (Lipinski definition) is 3. The summed E-state index contributed by atoms with van der Waals surface area (Å²) in [7, 11) is 0. The van der Waals surface area contributed by atoms with Crippen molar-refractivity contribution in [3.8, 4) is 0 Å². The summed E-state index contributed by atoms with van der Waals surface area (Å²) in [6.45, 7) is 0. The second-order valence-corrected chi connectivity index (χ2v) is 4.57. The Balaban J connectivity index is 2.11. The minimum atomic E-state index is -1.20. The van der Waals surface area contributed by atoms with Gasteiger partial charge in [0.1, 0.15) is 5.00 Å². The van der Waals surface area contributed by atoms with Gasteiger partial charge in [0.05, 0.1) is 11.3 Å². The number of carboxylic acid groups (broad SMARTS) is 1. The number of halogens is 2. The standard InChI is InChI=1S/C12H8F2N2O3S/c13-7-2-1-3-8(9(7)14)15-12(19)16-10-6(11(17)18)4-5-20-10/h1-5H,(H,17,18)(H2,15,16,19). The maximum atomic E-state index is 13.3. The highest BCUT2D eigenvalue weighted by Gasteiger charge is 2.15. The maximum Gasteiger partial charge on any atom is 0.338 e. The van der Waals surface area contributed by atoms with E-state index in [4.69, 9.17) is 5.11 Å². The van der Waals surface area contributed by atoms with E-state index in [0.717, 1.165) is 17.4 Å². The first-order valence-electron chi connectivity index (χ1n) is 5.32. The molecule has 0 aliphatic rings. The van der Waals surface area contributed by atoms with Crippen LogP contribution in [0.5, 0.6) is 0 Å². The molecule has 0 fully saturated rings. The first-order valence-corrected chi connectivity index (χ1v) is 6.20. The highest BCUT2D eigenvalue weighted by atomic mass is 32.1. The molecule has 0 aliphatic carbocycles. The van der Waals surface area contributed by atoms with E-state index in [0.29, 0.717) is 0 Å². The molecule has 0 saturated carbocycles. The Hall–Kier alpha value is -2.48. The SMILES string of the molecule is O=C(Nc1cccc(F)c1F)Nc1sccc1C(=O)O. The summed E-state index contributed by atoms with van der Waals surface area (Å²) in [4.78, 5) is 22.5. The van der Waals surface area contributed by atoms with Crippen LogP contribution in [-0.2, 0) is 0 Å². The topological polar surface area (TPSA) is 78.4 Å². The van der Waals surface area contributed by atoms with E-state index in [-0.39, 0.29) is 16.3 Å². The zero-order valence-electron chi connectivity index (χ0n) is 9.81. The van der Waals surface area contributed by atoms with Gasteiger partial charge in [0, 0.05) is 0 Å². The third-order valence-corrected chi connectivity index (χ3v) is 3.15. The quantitative estimate of drug-likeness (QED) is 0.813. The van der Waals surface area contributed by atoms with E-state index in [1.54, 1.807) is 0 Å². The second kappa shape index (κ2) is 5.66. The van der Waals surface area contributed by atoms with E-state index in [1.807, 2.05) is 0 Å². The van der Waals surface area contributed by atoms with Gasteiger partial charge in [0.15, 0.2) is 11.6 Å². The number of amides is 2. The lowest BCUT2D eigenvalue weighted by molar-refractivity contribution is 0.0698. The van der Waals surface area contributed by atoms with Gasteiger partial charge < -0.3 is 10.4 Å². The average Bonchev–Trinajstić information content (AvgIpc) is 2.83. The minimum Gasteiger partial charge on any atom is -0.478 e. The van der Waals surface area contributed by atoms with Crippen molar-refractivity contribution in [2.24, 2.45) is 0 Å². The van der Waals surface area contributed by atoms with Gasteiger partial charge in [-0.25, -0.2) is 18.4 Å². The van der Waals surface area contributed by atoms with Crippen LogP contribution >= 0.6 is 11.3 Å². The molecular weight excluding hydrogens is 290 g/mol. The fourth-order valence-electron chi connectivity index (χ4n) is 1.43. The predicted octanol–water partition coefficient (Wildman–Crippen LogP) is 3.37. The Labute approximate surface area is 115 Å². The van der Waals surface area contributed by atoms with Crippen molar-refractivity contribution < 1.29 is 23.5 Å². The first kappa shape index (κ1) is 13.9. The Kier molecular flexibility index (Phi) is 3.94. The van der Waals surface area contributed by atoms with Crippen LogP contribution in [0.2, 0.25) is 0 Å². The van der Waals surface area contributed by atoms with E-state index < -0.39 is 23.6 Å². The molecule has 8 heteroatoms. The molecule has 104 valence electrons. The summed E-state index contributed by atoms with van der Waals surface area (Å²) < 4.78 is 26.3. The molecule has 0 saturated heterocycles. The molecule has 0 spiro atoms. The Morgan fingerprint density at radius 1 is 1.15 bits per heavy atom. The molecule has 3 N–H and O–H groups in total. The highest BCUT2D eigenvalue weighted by Crippen LogP contribution is 2.23. The maximum absolute atomic E-state index is 13.3. The first-order chi connectivity index (χ1) is 9.49. The van der Waals surface area contributed by atoms with Crippen LogP contribution in [0.3, 0.4) is 0 Å². The Morgan fingerprint density at radius 2 is 1.90 bits per heavy atom. The van der Waals surface area contributed by atoms with Gasteiger partial charge in [-0.3, -0.25) is 5.32 Å². The molecule has 0 atom stereocenters. The summed E-state index contributed by atoms with van der Waals surface area (Å²) in [6.07, 6.45) is 0. The zero-order valence-corrected chi connectivity index (χ0v) is 10.6. The van der Waals surface area contributed by atoms with Gasteiger partial charge in [-0.15, -0.1) is 11.3 Å². The molecule has 5 nitrogen and oxygen atoms in total. The number of carbonyl (C=O) groups excluding carboxylic acids is 1. The number of carboxylic acids is 1. The summed E-state index contributed by atoms with van der Waals surface area (Å²) in [6, 6.07) is 3.80. The molecule has 1 heterocycles. The van der Waals surface area contributed by atoms with Gasteiger partial charge in [0.2, 0.25) is 0 Å². The molecular formula is C12H8F2N2O3S. The molecule has 2 rings (SSSR count). The van der Waals surface area contributed by atoms with Crippen LogP contribution < -0.4 is 10.6 Å². The number of thiophene rings is 1. The summed E-state index contributed by atoms with van der Waals surface area (Å²) in [5.41, 5.74) is -0.416. The normalized spacial score (nSPS) is 10.1. The molecule has 1 aromatic heterocycles. The van der Waals surface area contributed by atoms with Gasteiger partial charge in [-0.1, -0.05) is 6.07 Å². The van der Waals surface area contributed by atoms with Gasteiger partial charge in [-0.2, -0.15) is 0 Å². The highest BCUT2D eigenvalue weighted by molar-refractivity contribution is 7.14. The van der Waals surface area contributed by atoms with Crippen molar-refractivity contribution in [3.63, 3.8) is 0 Å². The van der Waals surface area contributed by atoms with Crippen molar-refractivity contribution in [2.75, 3.05) is 10.6 Å². The van der Waals surface area contributed by atoms with Crippen molar-refractivity contribution in [3.05, 3.63) is 46.8 Å². The summed E-state index contributed by atoms with van der Waals surface area (Å²) >= 11 is 1.00. The Morgan fingerprint density at radius 3 is 2.60 bits per heavy atom. The van der Waals surface area contributed by atoms with Crippen LogP contribution in [0, 0.1) is 11.6 Å².